The van der Waals surface area contributed by atoms with Gasteiger partial charge in [-0.3, -0.25) is 9.69 Å². The molecule has 8 nitrogen and oxygen atoms in total. The monoisotopic (exact) mass is 545 g/mol. The summed E-state index contributed by atoms with van der Waals surface area (Å²) in [6.45, 7) is 5.04. The highest BCUT2D eigenvalue weighted by Crippen LogP contribution is 2.43. The van der Waals surface area contributed by atoms with Gasteiger partial charge in [0, 0.05) is 43.6 Å². The number of aromatic nitrogens is 1. The molecule has 1 fully saturated rings. The number of unbranched alkanes of at least 4 members (excludes halogenated alkanes) is 1. The third-order valence-electron chi connectivity index (χ3n) is 7.67. The van der Waals surface area contributed by atoms with Crippen LogP contribution in [-0.2, 0) is 22.4 Å². The van der Waals surface area contributed by atoms with Crippen molar-refractivity contribution in [1.29, 1.82) is 0 Å². The number of alkyl halides is 1. The Labute approximate surface area is 227 Å². The van der Waals surface area contributed by atoms with Crippen molar-refractivity contribution in [2.24, 2.45) is 0 Å². The van der Waals surface area contributed by atoms with Crippen LogP contribution < -0.4 is 14.8 Å². The molecule has 4 heterocycles. The van der Waals surface area contributed by atoms with Gasteiger partial charge < -0.3 is 24.6 Å². The van der Waals surface area contributed by atoms with Gasteiger partial charge in [0.05, 0.1) is 6.10 Å². The number of benzene rings is 1. The van der Waals surface area contributed by atoms with E-state index in [-0.39, 0.29) is 29.8 Å². The number of anilines is 1. The molecule has 2 aromatic rings. The van der Waals surface area contributed by atoms with Gasteiger partial charge >= 0.3 is 5.97 Å². The molecule has 1 aromatic carbocycles. The molecule has 5 rings (SSSR count). The van der Waals surface area contributed by atoms with Gasteiger partial charge in [-0.2, -0.15) is 0 Å². The maximum atomic E-state index is 14.6. The summed E-state index contributed by atoms with van der Waals surface area (Å²) in [5.74, 6) is -0.586. The number of carboxylic acid groups (broad SMARTS) is 1. The normalized spacial score (nSPS) is 21.7. The summed E-state index contributed by atoms with van der Waals surface area (Å²) >= 11 is 0. The van der Waals surface area contributed by atoms with Gasteiger partial charge in [0.25, 0.3) is 0 Å². The lowest BCUT2D eigenvalue weighted by atomic mass is 10.00. The highest BCUT2D eigenvalue weighted by Gasteiger charge is 2.41. The van der Waals surface area contributed by atoms with Crippen molar-refractivity contribution in [3.8, 4) is 11.5 Å². The van der Waals surface area contributed by atoms with Gasteiger partial charge in [0.1, 0.15) is 30.0 Å². The largest absolute Gasteiger partial charge is 0.486 e. The molecule has 2 N–H and O–H groups in total. The van der Waals surface area contributed by atoms with Crippen LogP contribution in [0.15, 0.2) is 24.3 Å². The third kappa shape index (κ3) is 6.44. The van der Waals surface area contributed by atoms with E-state index < -0.39 is 29.6 Å². The van der Waals surface area contributed by atoms with Crippen molar-refractivity contribution in [3.63, 3.8) is 0 Å². The van der Waals surface area contributed by atoms with Crippen molar-refractivity contribution in [3.05, 3.63) is 46.9 Å². The van der Waals surface area contributed by atoms with E-state index in [0.29, 0.717) is 26.1 Å². The number of aliphatic carboxylic acids is 1. The number of carbonyl (C=O) groups is 1. The summed E-state index contributed by atoms with van der Waals surface area (Å²) in [6, 6.07) is 5.39. The number of nitrogens with zero attached hydrogens (tertiary/aromatic N) is 2. The molecule has 0 radical (unpaired) electrons. The fourth-order valence-corrected chi connectivity index (χ4v) is 5.48. The molecule has 0 spiro atoms. The Kier molecular flexibility index (Phi) is 8.23. The van der Waals surface area contributed by atoms with Crippen LogP contribution in [-0.4, -0.2) is 71.7 Å². The SMILES string of the molecule is CC(C)(F)[C@H]1COc2cc(F)cc(C(C(=O)O)N3CC[C@@H](OCCCCc4ccc5c(n4)NCCC5)C3)c2O1. The number of hydrogen-bond donors (Lipinski definition) is 2. The molecule has 1 aromatic heterocycles. The lowest BCUT2D eigenvalue weighted by molar-refractivity contribution is -0.143. The van der Waals surface area contributed by atoms with Gasteiger partial charge in [0.15, 0.2) is 17.6 Å². The maximum Gasteiger partial charge on any atom is 0.325 e. The summed E-state index contributed by atoms with van der Waals surface area (Å²) in [6.07, 6.45) is 4.50. The second-order valence-electron chi connectivity index (χ2n) is 11.1. The van der Waals surface area contributed by atoms with Crippen LogP contribution in [0.3, 0.4) is 0 Å². The number of rotatable bonds is 10. The van der Waals surface area contributed by atoms with E-state index in [9.17, 15) is 18.7 Å². The van der Waals surface area contributed by atoms with Crippen molar-refractivity contribution in [1.82, 2.24) is 9.88 Å². The Balaban J connectivity index is 1.16. The highest BCUT2D eigenvalue weighted by molar-refractivity contribution is 5.77. The fourth-order valence-electron chi connectivity index (χ4n) is 5.48. The number of ether oxygens (including phenoxy) is 3. The van der Waals surface area contributed by atoms with Crippen LogP contribution in [0.1, 0.15) is 62.4 Å². The zero-order valence-corrected chi connectivity index (χ0v) is 22.6. The molecule has 0 bridgehead atoms. The zero-order valence-electron chi connectivity index (χ0n) is 22.6. The molecule has 0 amide bonds. The first-order valence-electron chi connectivity index (χ1n) is 13.8. The molecule has 10 heteroatoms. The number of fused-ring (bicyclic) bond motifs is 2. The average molecular weight is 546 g/mol. The Hall–Kier alpha value is -2.98. The Morgan fingerprint density at radius 1 is 1.33 bits per heavy atom. The molecule has 1 saturated heterocycles. The van der Waals surface area contributed by atoms with Crippen molar-refractivity contribution in [2.75, 3.05) is 38.2 Å². The number of aryl methyl sites for hydroxylation is 2. The van der Waals surface area contributed by atoms with Crippen LogP contribution in [0, 0.1) is 5.82 Å². The molecule has 0 saturated carbocycles. The summed E-state index contributed by atoms with van der Waals surface area (Å²) in [7, 11) is 0. The van der Waals surface area contributed by atoms with Crippen LogP contribution in [0.2, 0.25) is 0 Å². The first-order chi connectivity index (χ1) is 18.7. The average Bonchev–Trinajstić information content (AvgIpc) is 3.35. The van der Waals surface area contributed by atoms with Gasteiger partial charge in [-0.15, -0.1) is 0 Å². The van der Waals surface area contributed by atoms with E-state index in [0.717, 1.165) is 62.3 Å². The number of hydrogen-bond acceptors (Lipinski definition) is 7. The van der Waals surface area contributed by atoms with E-state index in [1.165, 1.54) is 19.4 Å². The van der Waals surface area contributed by atoms with E-state index in [1.807, 2.05) is 0 Å². The van der Waals surface area contributed by atoms with Crippen LogP contribution in [0.25, 0.3) is 0 Å². The van der Waals surface area contributed by atoms with E-state index in [2.05, 4.69) is 17.4 Å². The van der Waals surface area contributed by atoms with Crippen molar-refractivity contribution < 1.29 is 32.9 Å². The minimum Gasteiger partial charge on any atom is -0.486 e. The van der Waals surface area contributed by atoms with E-state index >= 15 is 0 Å². The molecule has 3 aliphatic rings. The standard InChI is InChI=1S/C29H37F2N3O5/c1-29(2,31)24-17-38-23-15-19(30)14-22(26(23)39-24)25(28(35)36)34-12-10-21(16-34)37-13-4-3-7-20-9-8-18-6-5-11-32-27(18)33-20/h8-9,14-15,21,24-25H,3-7,10-13,16-17H2,1-2H3,(H,32,33)(H,35,36)/t21-,24-,25?/m1/s1. The minimum atomic E-state index is -1.72. The van der Waals surface area contributed by atoms with Crippen molar-refractivity contribution >= 4 is 11.8 Å². The molecule has 212 valence electrons. The Morgan fingerprint density at radius 2 is 2.18 bits per heavy atom. The van der Waals surface area contributed by atoms with Gasteiger partial charge in [-0.05, 0) is 70.1 Å². The smallest absolute Gasteiger partial charge is 0.325 e. The first-order valence-corrected chi connectivity index (χ1v) is 13.8. The summed E-state index contributed by atoms with van der Waals surface area (Å²) in [4.78, 5) is 18.9. The predicted molar refractivity (Wildman–Crippen MR) is 142 cm³/mol. The zero-order chi connectivity index (χ0) is 27.6. The number of halogens is 2. The van der Waals surface area contributed by atoms with Gasteiger partial charge in [-0.25, -0.2) is 13.8 Å². The first kappa shape index (κ1) is 27.6. The summed E-state index contributed by atoms with van der Waals surface area (Å²) in [5.41, 5.74) is 0.756. The maximum absolute atomic E-state index is 14.6. The molecular weight excluding hydrogens is 508 g/mol. The predicted octanol–water partition coefficient (Wildman–Crippen LogP) is 4.71. The molecule has 39 heavy (non-hydrogen) atoms. The lowest BCUT2D eigenvalue weighted by Crippen LogP contribution is -2.44. The quantitative estimate of drug-likeness (QED) is 0.415. The minimum absolute atomic E-state index is 0.0844. The second-order valence-corrected chi connectivity index (χ2v) is 11.1. The fraction of sp³-hybridized carbons (Fsp3) is 0.586. The molecule has 3 atom stereocenters. The molecule has 0 aliphatic carbocycles. The molecular formula is C29H37F2N3O5. The van der Waals surface area contributed by atoms with E-state index in [4.69, 9.17) is 19.2 Å². The number of likely N-dealkylation sites (tertiary alicyclic amines) is 1. The Bertz CT molecular complexity index is 1190. The van der Waals surface area contributed by atoms with Crippen LogP contribution >= 0.6 is 0 Å². The topological polar surface area (TPSA) is 93.2 Å². The number of nitrogens with one attached hydrogen (secondary N) is 1. The van der Waals surface area contributed by atoms with Gasteiger partial charge in [0.2, 0.25) is 0 Å². The van der Waals surface area contributed by atoms with Crippen molar-refractivity contribution in [2.45, 2.75) is 76.3 Å². The summed E-state index contributed by atoms with van der Waals surface area (Å²) < 4.78 is 46.6. The lowest BCUT2D eigenvalue weighted by Gasteiger charge is -2.35. The Morgan fingerprint density at radius 3 is 2.97 bits per heavy atom. The molecule has 1 unspecified atom stereocenters. The van der Waals surface area contributed by atoms with E-state index in [1.54, 1.807) is 4.90 Å². The van der Waals surface area contributed by atoms with Crippen LogP contribution in [0.5, 0.6) is 11.5 Å². The third-order valence-corrected chi connectivity index (χ3v) is 7.67. The molecule has 3 aliphatic heterocycles. The number of carboxylic acids is 1. The second kappa shape index (κ2) is 11.6. The summed E-state index contributed by atoms with van der Waals surface area (Å²) in [5, 5.41) is 13.5. The highest BCUT2D eigenvalue weighted by atomic mass is 19.1. The van der Waals surface area contributed by atoms with Crippen LogP contribution in [0.4, 0.5) is 14.6 Å². The number of pyridine rings is 1. The van der Waals surface area contributed by atoms with Gasteiger partial charge in [-0.1, -0.05) is 6.07 Å².